The van der Waals surface area contributed by atoms with Gasteiger partial charge >= 0.3 is 12.2 Å². The van der Waals surface area contributed by atoms with Gasteiger partial charge in [-0.1, -0.05) is 42.5 Å². The second-order valence-corrected chi connectivity index (χ2v) is 8.70. The number of rotatable bonds is 16. The number of amides is 1. The van der Waals surface area contributed by atoms with Crippen molar-refractivity contribution in [2.24, 2.45) is 0 Å². The van der Waals surface area contributed by atoms with E-state index in [-0.39, 0.29) is 24.7 Å². The van der Waals surface area contributed by atoms with Crippen LogP contribution in [0.3, 0.4) is 0 Å². The van der Waals surface area contributed by atoms with Gasteiger partial charge in [-0.25, -0.2) is 9.59 Å². The topological polar surface area (TPSA) is 138 Å². The lowest BCUT2D eigenvalue weighted by Crippen LogP contribution is -2.29. The quantitative estimate of drug-likeness (QED) is 0.0778. The molecule has 11 nitrogen and oxygen atoms in total. The number of benzene rings is 3. The third-order valence-electron chi connectivity index (χ3n) is 5.75. The molecule has 0 radical (unpaired) electrons. The molecule has 3 aromatic rings. The SMILES string of the molecule is O=C(OCCOCCOc1ccc(CCCCN(Cc2ccccc2)C(=O)O)cc1)Oc1ccc([N+](=O)[O-])cc1. The molecule has 0 heterocycles. The molecule has 212 valence electrons. The van der Waals surface area contributed by atoms with Crippen molar-refractivity contribution in [3.63, 3.8) is 0 Å². The highest BCUT2D eigenvalue weighted by Gasteiger charge is 2.12. The highest BCUT2D eigenvalue weighted by atomic mass is 16.7. The summed E-state index contributed by atoms with van der Waals surface area (Å²) in [7, 11) is 0. The highest BCUT2D eigenvalue weighted by Crippen LogP contribution is 2.18. The molecule has 0 fully saturated rings. The lowest BCUT2D eigenvalue weighted by molar-refractivity contribution is -0.384. The first-order chi connectivity index (χ1) is 19.4. The second-order valence-electron chi connectivity index (χ2n) is 8.70. The van der Waals surface area contributed by atoms with Gasteiger partial charge in [0, 0.05) is 25.2 Å². The first kappa shape index (κ1) is 29.9. The van der Waals surface area contributed by atoms with Crippen molar-refractivity contribution >= 4 is 17.9 Å². The van der Waals surface area contributed by atoms with Crippen LogP contribution >= 0.6 is 0 Å². The Kier molecular flexibility index (Phi) is 12.2. The van der Waals surface area contributed by atoms with Gasteiger partial charge in [0.05, 0.1) is 18.1 Å². The molecule has 3 aromatic carbocycles. The van der Waals surface area contributed by atoms with Crippen LogP contribution in [0.1, 0.15) is 24.0 Å². The summed E-state index contributed by atoms with van der Waals surface area (Å²) in [6, 6.07) is 22.4. The van der Waals surface area contributed by atoms with E-state index in [4.69, 9.17) is 18.9 Å². The summed E-state index contributed by atoms with van der Waals surface area (Å²) in [6.45, 7) is 1.62. The van der Waals surface area contributed by atoms with Crippen LogP contribution in [0, 0.1) is 10.1 Å². The Morgan fingerprint density at radius 3 is 2.15 bits per heavy atom. The number of carbonyl (C=O) groups excluding carboxylic acids is 1. The molecule has 3 rings (SSSR count). The smallest absolute Gasteiger partial charge is 0.491 e. The van der Waals surface area contributed by atoms with Crippen LogP contribution in [0.15, 0.2) is 78.9 Å². The minimum atomic E-state index is -0.930. The van der Waals surface area contributed by atoms with Crippen LogP contribution in [-0.4, -0.2) is 60.2 Å². The summed E-state index contributed by atoms with van der Waals surface area (Å²) < 4.78 is 20.9. The fraction of sp³-hybridized carbons (Fsp3) is 0.310. The molecule has 0 aliphatic heterocycles. The summed E-state index contributed by atoms with van der Waals surface area (Å²) in [4.78, 5) is 34.7. The Hall–Kier alpha value is -4.64. The van der Waals surface area contributed by atoms with Crippen LogP contribution in [0.2, 0.25) is 0 Å². The van der Waals surface area contributed by atoms with Gasteiger partial charge in [0.2, 0.25) is 0 Å². The lowest BCUT2D eigenvalue weighted by atomic mass is 10.1. The standard InChI is InChI=1S/C29H32N2O9/c32-28(33)30(22-24-7-2-1-3-8-24)17-5-4-6-23-9-13-26(14-10-23)38-20-18-37-19-21-39-29(34)40-27-15-11-25(12-16-27)31(35)36/h1-3,7-16H,4-6,17-22H2,(H,32,33). The number of ether oxygens (including phenoxy) is 4. The number of carbonyl (C=O) groups is 2. The van der Waals surface area contributed by atoms with E-state index in [1.165, 1.54) is 29.2 Å². The first-order valence-corrected chi connectivity index (χ1v) is 12.8. The Bertz CT molecular complexity index is 1200. The fourth-order valence-electron chi connectivity index (χ4n) is 3.70. The van der Waals surface area contributed by atoms with E-state index < -0.39 is 17.2 Å². The molecule has 0 saturated carbocycles. The lowest BCUT2D eigenvalue weighted by Gasteiger charge is -2.19. The summed E-state index contributed by atoms with van der Waals surface area (Å²) in [5.41, 5.74) is 2.01. The summed E-state index contributed by atoms with van der Waals surface area (Å²) in [5, 5.41) is 20.1. The van der Waals surface area contributed by atoms with Crippen molar-refractivity contribution in [1.82, 2.24) is 4.90 Å². The average molecular weight is 553 g/mol. The number of hydrogen-bond acceptors (Lipinski definition) is 8. The van der Waals surface area contributed by atoms with Crippen molar-refractivity contribution in [3.8, 4) is 11.5 Å². The van der Waals surface area contributed by atoms with Gasteiger partial charge in [0.25, 0.3) is 5.69 Å². The van der Waals surface area contributed by atoms with Crippen molar-refractivity contribution in [3.05, 3.63) is 100 Å². The molecule has 0 aliphatic carbocycles. The average Bonchev–Trinajstić information content (AvgIpc) is 2.95. The van der Waals surface area contributed by atoms with E-state index in [2.05, 4.69) is 0 Å². The first-order valence-electron chi connectivity index (χ1n) is 12.8. The maximum atomic E-state index is 11.7. The van der Waals surface area contributed by atoms with Gasteiger partial charge in [0.1, 0.15) is 24.7 Å². The zero-order valence-corrected chi connectivity index (χ0v) is 22.0. The van der Waals surface area contributed by atoms with Crippen molar-refractivity contribution in [2.45, 2.75) is 25.8 Å². The number of nitro benzene ring substituents is 1. The molecule has 0 saturated heterocycles. The number of non-ortho nitro benzene ring substituents is 1. The van der Waals surface area contributed by atoms with E-state index in [1.807, 2.05) is 54.6 Å². The van der Waals surface area contributed by atoms with Gasteiger partial charge in [-0.05, 0) is 54.7 Å². The van der Waals surface area contributed by atoms with E-state index in [9.17, 15) is 24.8 Å². The maximum Gasteiger partial charge on any atom is 0.513 e. The zero-order valence-electron chi connectivity index (χ0n) is 22.0. The molecule has 0 bridgehead atoms. The third-order valence-corrected chi connectivity index (χ3v) is 5.75. The maximum absolute atomic E-state index is 11.7. The van der Waals surface area contributed by atoms with E-state index >= 15 is 0 Å². The number of aryl methyl sites for hydroxylation is 1. The molecule has 0 aliphatic rings. The number of nitro groups is 1. The van der Waals surface area contributed by atoms with Crippen molar-refractivity contribution < 1.29 is 38.6 Å². The molecular formula is C29H32N2O9. The largest absolute Gasteiger partial charge is 0.513 e. The Morgan fingerprint density at radius 2 is 1.48 bits per heavy atom. The summed E-state index contributed by atoms with van der Waals surface area (Å²) >= 11 is 0. The molecule has 0 aromatic heterocycles. The summed E-state index contributed by atoms with van der Waals surface area (Å²) in [5.74, 6) is 0.842. The van der Waals surface area contributed by atoms with Crippen LogP contribution in [0.25, 0.3) is 0 Å². The molecule has 1 amide bonds. The summed E-state index contributed by atoms with van der Waals surface area (Å²) in [6.07, 6.45) is 0.641. The number of carboxylic acid groups (broad SMARTS) is 1. The van der Waals surface area contributed by atoms with Gasteiger partial charge in [-0.15, -0.1) is 0 Å². The van der Waals surface area contributed by atoms with E-state index in [0.29, 0.717) is 32.1 Å². The van der Waals surface area contributed by atoms with Gasteiger partial charge in [-0.2, -0.15) is 0 Å². The molecule has 0 spiro atoms. The minimum absolute atomic E-state index is 0.0169. The Balaban J connectivity index is 1.22. The van der Waals surface area contributed by atoms with E-state index in [0.717, 1.165) is 30.4 Å². The van der Waals surface area contributed by atoms with Crippen molar-refractivity contribution in [2.75, 3.05) is 33.0 Å². The van der Waals surface area contributed by atoms with Crippen LogP contribution in [0.5, 0.6) is 11.5 Å². The molecule has 0 atom stereocenters. The predicted molar refractivity (Wildman–Crippen MR) is 146 cm³/mol. The molecule has 0 unspecified atom stereocenters. The zero-order chi connectivity index (χ0) is 28.6. The van der Waals surface area contributed by atoms with Crippen LogP contribution in [-0.2, 0) is 22.4 Å². The molecular weight excluding hydrogens is 520 g/mol. The van der Waals surface area contributed by atoms with Crippen LogP contribution in [0.4, 0.5) is 15.3 Å². The normalized spacial score (nSPS) is 10.5. The Morgan fingerprint density at radius 1 is 0.800 bits per heavy atom. The second kappa shape index (κ2) is 16.4. The van der Waals surface area contributed by atoms with Gasteiger partial charge < -0.3 is 29.0 Å². The fourth-order valence-corrected chi connectivity index (χ4v) is 3.70. The van der Waals surface area contributed by atoms with Gasteiger partial charge in [0.15, 0.2) is 0 Å². The van der Waals surface area contributed by atoms with Crippen molar-refractivity contribution in [1.29, 1.82) is 0 Å². The Labute approximate surface area is 232 Å². The third kappa shape index (κ3) is 11.0. The monoisotopic (exact) mass is 552 g/mol. The van der Waals surface area contributed by atoms with Crippen LogP contribution < -0.4 is 9.47 Å². The van der Waals surface area contributed by atoms with E-state index in [1.54, 1.807) is 0 Å². The predicted octanol–water partition coefficient (Wildman–Crippen LogP) is 5.71. The molecule has 40 heavy (non-hydrogen) atoms. The molecule has 11 heteroatoms. The molecule has 1 N–H and O–H groups in total. The van der Waals surface area contributed by atoms with Gasteiger partial charge in [-0.3, -0.25) is 10.1 Å². The minimum Gasteiger partial charge on any atom is -0.491 e. The number of unbranched alkanes of at least 4 members (excludes halogenated alkanes) is 1. The number of nitrogens with zero attached hydrogens (tertiary/aromatic N) is 2. The number of hydrogen-bond donors (Lipinski definition) is 1. The highest BCUT2D eigenvalue weighted by molar-refractivity contribution is 5.65.